The quantitative estimate of drug-likeness (QED) is 0.514. The summed E-state index contributed by atoms with van der Waals surface area (Å²) in [5, 5.41) is 0. The topological polar surface area (TPSA) is 86.5 Å². The number of rotatable bonds is 4. The zero-order chi connectivity index (χ0) is 14.8. The summed E-state index contributed by atoms with van der Waals surface area (Å²) in [5.41, 5.74) is 3.53. The molecule has 20 heavy (non-hydrogen) atoms. The molecular weight excluding hydrogens is 280 g/mol. The van der Waals surface area contributed by atoms with Gasteiger partial charge in [0.25, 0.3) is 0 Å². The van der Waals surface area contributed by atoms with Gasteiger partial charge in [-0.15, -0.1) is 5.43 Å². The number of aryl methyl sites for hydroxylation is 1. The molecule has 2 rings (SSSR count). The third-order valence-corrected chi connectivity index (χ3v) is 3.52. The van der Waals surface area contributed by atoms with Crippen molar-refractivity contribution in [3.05, 3.63) is 59.0 Å². The molecule has 0 fully saturated rings. The summed E-state index contributed by atoms with van der Waals surface area (Å²) in [6.45, 7) is 1.72. The Morgan fingerprint density at radius 1 is 1.10 bits per heavy atom. The SMILES string of the molecule is Cc1ccc(S(=O)(=O)O)c([N+](=O)Nc2ccccc2)c1. The molecule has 0 unspecified atom stereocenters. The second kappa shape index (κ2) is 5.40. The van der Waals surface area contributed by atoms with Crippen molar-refractivity contribution in [2.75, 3.05) is 5.43 Å². The van der Waals surface area contributed by atoms with Crippen molar-refractivity contribution in [2.45, 2.75) is 11.8 Å². The number of nitrogens with one attached hydrogen (secondary N) is 1. The fourth-order valence-electron chi connectivity index (χ4n) is 1.69. The minimum atomic E-state index is -4.47. The van der Waals surface area contributed by atoms with Gasteiger partial charge in [0.1, 0.15) is 5.69 Å². The van der Waals surface area contributed by atoms with Crippen LogP contribution in [0.15, 0.2) is 53.4 Å². The lowest BCUT2D eigenvalue weighted by Crippen LogP contribution is -2.14. The normalized spacial score (nSPS) is 11.1. The number of hydrogen-bond acceptors (Lipinski definition) is 3. The van der Waals surface area contributed by atoms with Gasteiger partial charge >= 0.3 is 15.8 Å². The van der Waals surface area contributed by atoms with E-state index in [9.17, 15) is 13.3 Å². The van der Waals surface area contributed by atoms with Crippen LogP contribution < -0.4 is 5.43 Å². The Hall–Kier alpha value is -2.25. The number of benzene rings is 2. The lowest BCUT2D eigenvalue weighted by atomic mass is 10.2. The summed E-state index contributed by atoms with van der Waals surface area (Å²) in [4.78, 5) is 11.9. The summed E-state index contributed by atoms with van der Waals surface area (Å²) in [5.74, 6) is 0. The fraction of sp³-hybridized carbons (Fsp3) is 0.0769. The van der Waals surface area contributed by atoms with E-state index in [1.165, 1.54) is 18.2 Å². The van der Waals surface area contributed by atoms with Crippen molar-refractivity contribution in [3.8, 4) is 0 Å². The standard InChI is InChI=1S/C13H12N2O4S/c1-10-7-8-13(20(17,18)19)12(9-10)15(16)14-11-5-3-2-4-6-11/h2-9H,1H3,(H-,14,16,17,18,19)/p+1. The molecule has 0 amide bonds. The molecule has 104 valence electrons. The van der Waals surface area contributed by atoms with Gasteiger partial charge in [0.2, 0.25) is 0 Å². The number of nitrogens with zero attached hydrogens (tertiary/aromatic N) is 1. The number of nitroso groups, excluding NO2 is 1. The highest BCUT2D eigenvalue weighted by Gasteiger charge is 2.27. The van der Waals surface area contributed by atoms with E-state index in [0.717, 1.165) is 0 Å². The molecule has 0 aromatic heterocycles. The van der Waals surface area contributed by atoms with E-state index in [0.29, 0.717) is 16.1 Å². The molecule has 2 aromatic carbocycles. The maximum Gasteiger partial charge on any atom is 0.313 e. The molecule has 0 saturated heterocycles. The average Bonchev–Trinajstić information content (AvgIpc) is 2.38. The van der Waals surface area contributed by atoms with Crippen LogP contribution in [0.25, 0.3) is 0 Å². The van der Waals surface area contributed by atoms with Gasteiger partial charge in [0.15, 0.2) is 9.76 Å². The van der Waals surface area contributed by atoms with Crippen molar-refractivity contribution in [1.29, 1.82) is 0 Å². The summed E-state index contributed by atoms with van der Waals surface area (Å²) in [6, 6.07) is 12.6. The van der Waals surface area contributed by atoms with Gasteiger partial charge in [0, 0.05) is 6.07 Å². The van der Waals surface area contributed by atoms with Gasteiger partial charge in [0.05, 0.1) is 4.91 Å². The number of anilines is 1. The predicted octanol–water partition coefficient (Wildman–Crippen LogP) is 2.68. The third-order valence-electron chi connectivity index (χ3n) is 2.62. The van der Waals surface area contributed by atoms with E-state index in [-0.39, 0.29) is 5.69 Å². The molecule has 7 heteroatoms. The maximum atomic E-state index is 12.1. The van der Waals surface area contributed by atoms with Crippen LogP contribution in [0.5, 0.6) is 0 Å². The Morgan fingerprint density at radius 2 is 1.75 bits per heavy atom. The molecule has 0 aliphatic heterocycles. The van der Waals surface area contributed by atoms with Gasteiger partial charge in [-0.05, 0) is 30.7 Å². The number of para-hydroxylation sites is 1. The Kier molecular flexibility index (Phi) is 3.82. The van der Waals surface area contributed by atoms with Crippen LogP contribution in [0, 0.1) is 11.8 Å². The maximum absolute atomic E-state index is 12.1. The van der Waals surface area contributed by atoms with Crippen molar-refractivity contribution in [1.82, 2.24) is 0 Å². The first-order chi connectivity index (χ1) is 9.38. The van der Waals surface area contributed by atoms with E-state index in [1.54, 1.807) is 37.3 Å². The second-order valence-corrected chi connectivity index (χ2v) is 5.61. The lowest BCUT2D eigenvalue weighted by molar-refractivity contribution is -0.430. The van der Waals surface area contributed by atoms with Gasteiger partial charge in [-0.3, -0.25) is 4.55 Å². The van der Waals surface area contributed by atoms with Crippen LogP contribution in [-0.2, 0) is 10.1 Å². The first kappa shape index (κ1) is 14.2. The average molecular weight is 293 g/mol. The van der Waals surface area contributed by atoms with Crippen molar-refractivity contribution in [2.24, 2.45) is 0 Å². The smallest absolute Gasteiger partial charge is 0.282 e. The molecule has 0 heterocycles. The van der Waals surface area contributed by atoms with E-state index in [2.05, 4.69) is 5.43 Å². The fourth-order valence-corrected chi connectivity index (χ4v) is 2.34. The highest BCUT2D eigenvalue weighted by atomic mass is 32.2. The molecule has 2 aromatic rings. The first-order valence-electron chi connectivity index (χ1n) is 5.75. The monoisotopic (exact) mass is 293 g/mol. The summed E-state index contributed by atoms with van der Waals surface area (Å²) in [7, 11) is -4.47. The first-order valence-corrected chi connectivity index (χ1v) is 7.19. The Morgan fingerprint density at radius 3 is 2.35 bits per heavy atom. The second-order valence-electron chi connectivity index (χ2n) is 4.22. The van der Waals surface area contributed by atoms with Crippen LogP contribution in [0.1, 0.15) is 5.56 Å². The van der Waals surface area contributed by atoms with E-state index in [1.807, 2.05) is 0 Å². The highest BCUT2D eigenvalue weighted by Crippen LogP contribution is 2.25. The van der Waals surface area contributed by atoms with Crippen molar-refractivity contribution < 1.29 is 17.8 Å². The van der Waals surface area contributed by atoms with E-state index >= 15 is 0 Å². The summed E-state index contributed by atoms with van der Waals surface area (Å²) >= 11 is 0. The molecular formula is C13H13N2O4S+. The molecule has 6 nitrogen and oxygen atoms in total. The molecule has 0 radical (unpaired) electrons. The van der Waals surface area contributed by atoms with E-state index in [4.69, 9.17) is 4.55 Å². The molecule has 0 saturated carbocycles. The summed E-state index contributed by atoms with van der Waals surface area (Å²) < 4.78 is 31.7. The molecule has 0 aliphatic carbocycles. The Balaban J connectivity index is 2.42. The molecule has 0 atom stereocenters. The minimum Gasteiger partial charge on any atom is -0.282 e. The predicted molar refractivity (Wildman–Crippen MR) is 74.3 cm³/mol. The largest absolute Gasteiger partial charge is 0.313 e. The third kappa shape index (κ3) is 3.19. The number of hydrogen-bond donors (Lipinski definition) is 2. The van der Waals surface area contributed by atoms with Gasteiger partial charge in [-0.25, -0.2) is 0 Å². The highest BCUT2D eigenvalue weighted by molar-refractivity contribution is 7.86. The lowest BCUT2D eigenvalue weighted by Gasteiger charge is -2.02. The van der Waals surface area contributed by atoms with Gasteiger partial charge in [-0.1, -0.05) is 24.3 Å². The van der Waals surface area contributed by atoms with Crippen LogP contribution in [0.4, 0.5) is 11.4 Å². The van der Waals surface area contributed by atoms with Crippen molar-refractivity contribution in [3.63, 3.8) is 0 Å². The minimum absolute atomic E-state index is 0.170. The molecule has 0 aliphatic rings. The summed E-state index contributed by atoms with van der Waals surface area (Å²) in [6.07, 6.45) is 0. The van der Waals surface area contributed by atoms with Crippen molar-refractivity contribution >= 4 is 21.5 Å². The van der Waals surface area contributed by atoms with Gasteiger partial charge in [-0.2, -0.15) is 8.42 Å². The van der Waals surface area contributed by atoms with Gasteiger partial charge < -0.3 is 0 Å². The Labute approximate surface area is 116 Å². The molecule has 0 spiro atoms. The zero-order valence-corrected chi connectivity index (χ0v) is 11.5. The molecule has 0 bridgehead atoms. The Bertz CT molecular complexity index is 742. The zero-order valence-electron chi connectivity index (χ0n) is 10.6. The van der Waals surface area contributed by atoms with Crippen LogP contribution in [0.2, 0.25) is 0 Å². The van der Waals surface area contributed by atoms with Crippen LogP contribution in [-0.4, -0.2) is 17.8 Å². The van der Waals surface area contributed by atoms with Crippen LogP contribution >= 0.6 is 0 Å². The van der Waals surface area contributed by atoms with E-state index < -0.39 is 15.0 Å². The molecule has 2 N–H and O–H groups in total. The van der Waals surface area contributed by atoms with Crippen LogP contribution in [0.3, 0.4) is 0 Å². The number of hydrazine groups is 1.